The van der Waals surface area contributed by atoms with Gasteiger partial charge in [0.25, 0.3) is 11.9 Å². The van der Waals surface area contributed by atoms with Gasteiger partial charge in [-0.1, -0.05) is 60.1 Å². The molecule has 1 N–H and O–H groups in total. The molecule has 0 saturated heterocycles. The lowest BCUT2D eigenvalue weighted by Gasteiger charge is -2.17. The van der Waals surface area contributed by atoms with Gasteiger partial charge in [-0.3, -0.25) is 0 Å². The Kier molecular flexibility index (Phi) is 5.30. The zero-order valence-corrected chi connectivity index (χ0v) is 19.2. The molecule has 0 aliphatic rings. The number of benzene rings is 3. The number of rotatable bonds is 4. The Balaban J connectivity index is 1.69. The number of para-hydroxylation sites is 2. The van der Waals surface area contributed by atoms with Crippen molar-refractivity contribution < 1.29 is 17.6 Å². The van der Waals surface area contributed by atoms with Crippen molar-refractivity contribution in [3.05, 3.63) is 130 Å². The summed E-state index contributed by atoms with van der Waals surface area (Å²) < 4.78 is 58.9. The number of aromatic nitrogens is 3. The molecule has 0 bridgehead atoms. The number of hydrogen-bond acceptors (Lipinski definition) is 1. The molecular formula is C28H16ClF4N3. The molecule has 3 nitrogen and oxygen atoms in total. The molecule has 178 valence electrons. The minimum Gasteiger partial charge on any atom is -0.361 e. The van der Waals surface area contributed by atoms with Crippen molar-refractivity contribution in [2.24, 2.45) is 0 Å². The molecule has 0 radical (unpaired) electrons. The van der Waals surface area contributed by atoms with Crippen molar-refractivity contribution in [3.8, 4) is 5.69 Å². The van der Waals surface area contributed by atoms with Crippen LogP contribution < -0.4 is 0 Å². The van der Waals surface area contributed by atoms with E-state index < -0.39 is 35.1 Å². The number of aromatic amines is 1. The van der Waals surface area contributed by atoms with Gasteiger partial charge in [-0.15, -0.1) is 0 Å². The smallest absolute Gasteiger partial charge is 0.253 e. The molecule has 36 heavy (non-hydrogen) atoms. The van der Waals surface area contributed by atoms with Crippen molar-refractivity contribution >= 4 is 33.4 Å². The van der Waals surface area contributed by atoms with Gasteiger partial charge in [0.15, 0.2) is 0 Å². The molecule has 1 unspecified atom stereocenters. The van der Waals surface area contributed by atoms with E-state index in [0.717, 1.165) is 26.6 Å². The van der Waals surface area contributed by atoms with Gasteiger partial charge >= 0.3 is 0 Å². The van der Waals surface area contributed by atoms with E-state index in [9.17, 15) is 17.6 Å². The normalized spacial score (nSPS) is 12.5. The van der Waals surface area contributed by atoms with Crippen LogP contribution in [0, 0.1) is 23.5 Å². The molecule has 0 fully saturated rings. The summed E-state index contributed by atoms with van der Waals surface area (Å²) in [4.78, 5) is 5.98. The second-order valence-corrected chi connectivity index (χ2v) is 8.85. The molecule has 8 heteroatoms. The molecule has 0 aliphatic heterocycles. The summed E-state index contributed by atoms with van der Waals surface area (Å²) in [6.45, 7) is 0. The third-order valence-corrected chi connectivity index (χ3v) is 6.66. The Morgan fingerprint density at radius 3 is 2.11 bits per heavy atom. The molecule has 6 aromatic rings. The Morgan fingerprint density at radius 1 is 0.750 bits per heavy atom. The van der Waals surface area contributed by atoms with Crippen LogP contribution in [-0.2, 0) is 0 Å². The molecule has 3 aromatic heterocycles. The van der Waals surface area contributed by atoms with Crippen molar-refractivity contribution in [3.63, 3.8) is 0 Å². The average Bonchev–Trinajstić information content (AvgIpc) is 3.47. The highest BCUT2D eigenvalue weighted by molar-refractivity contribution is 6.30. The molecule has 3 aromatic carbocycles. The first kappa shape index (κ1) is 22.4. The predicted molar refractivity (Wildman–Crippen MR) is 132 cm³/mol. The maximum atomic E-state index is 14.8. The first-order chi connectivity index (χ1) is 17.4. The van der Waals surface area contributed by atoms with Gasteiger partial charge in [0.05, 0.1) is 5.52 Å². The summed E-state index contributed by atoms with van der Waals surface area (Å²) >= 11 is 6.16. The largest absolute Gasteiger partial charge is 0.361 e. The Hall–Kier alpha value is -4.10. The highest BCUT2D eigenvalue weighted by atomic mass is 35.5. The molecule has 0 amide bonds. The zero-order chi connectivity index (χ0) is 25.0. The van der Waals surface area contributed by atoms with Crippen LogP contribution in [0.15, 0.2) is 85.2 Å². The van der Waals surface area contributed by atoms with Gasteiger partial charge in [-0.05, 0) is 41.0 Å². The van der Waals surface area contributed by atoms with E-state index in [1.807, 2.05) is 48.7 Å². The van der Waals surface area contributed by atoms with Gasteiger partial charge in [0, 0.05) is 39.6 Å². The van der Waals surface area contributed by atoms with Gasteiger partial charge < -0.3 is 9.55 Å². The van der Waals surface area contributed by atoms with Crippen LogP contribution in [0.3, 0.4) is 0 Å². The van der Waals surface area contributed by atoms with Gasteiger partial charge in [-0.2, -0.15) is 22.5 Å². The van der Waals surface area contributed by atoms with E-state index in [1.165, 1.54) is 6.20 Å². The van der Waals surface area contributed by atoms with E-state index in [0.29, 0.717) is 21.5 Å². The maximum absolute atomic E-state index is 14.8. The topological polar surface area (TPSA) is 33.6 Å². The molecule has 1 atom stereocenters. The summed E-state index contributed by atoms with van der Waals surface area (Å²) in [6, 6.07) is 22.0. The number of H-pyrrole nitrogens is 1. The number of hydrogen-bond donors (Lipinski definition) is 1. The van der Waals surface area contributed by atoms with Crippen molar-refractivity contribution in [2.45, 2.75) is 5.92 Å². The fourth-order valence-corrected chi connectivity index (χ4v) is 4.95. The molecular weight excluding hydrogens is 490 g/mol. The van der Waals surface area contributed by atoms with Gasteiger partial charge in [0.2, 0.25) is 11.6 Å². The molecule has 0 aliphatic carbocycles. The minimum absolute atomic E-state index is 0.383. The van der Waals surface area contributed by atoms with Crippen LogP contribution in [0.1, 0.15) is 22.6 Å². The van der Waals surface area contributed by atoms with Crippen molar-refractivity contribution in [1.29, 1.82) is 0 Å². The number of nitrogens with zero attached hydrogens (tertiary/aromatic N) is 2. The fraction of sp³-hybridized carbons (Fsp3) is 0.0357. The van der Waals surface area contributed by atoms with E-state index in [1.54, 1.807) is 30.3 Å². The monoisotopic (exact) mass is 505 g/mol. The Labute approximate surface area is 207 Å². The van der Waals surface area contributed by atoms with Crippen molar-refractivity contribution in [1.82, 2.24) is 14.5 Å². The Bertz CT molecular complexity index is 1730. The summed E-state index contributed by atoms with van der Waals surface area (Å²) in [5.41, 5.74) is 2.92. The third kappa shape index (κ3) is 3.46. The fourth-order valence-electron chi connectivity index (χ4n) is 4.82. The average molecular weight is 506 g/mol. The number of fused-ring (bicyclic) bond motifs is 2. The third-order valence-electron chi connectivity index (χ3n) is 6.40. The van der Waals surface area contributed by atoms with E-state index >= 15 is 0 Å². The van der Waals surface area contributed by atoms with Crippen LogP contribution in [0.5, 0.6) is 0 Å². The summed E-state index contributed by atoms with van der Waals surface area (Å²) in [7, 11) is 0. The highest BCUT2D eigenvalue weighted by Gasteiger charge is 2.28. The zero-order valence-electron chi connectivity index (χ0n) is 18.4. The first-order valence-electron chi connectivity index (χ1n) is 11.1. The first-order valence-corrected chi connectivity index (χ1v) is 11.4. The van der Waals surface area contributed by atoms with Crippen LogP contribution in [0.4, 0.5) is 17.6 Å². The predicted octanol–water partition coefficient (Wildman–Crippen LogP) is 7.90. The second kappa shape index (κ2) is 8.53. The van der Waals surface area contributed by atoms with E-state index in [-0.39, 0.29) is 0 Å². The van der Waals surface area contributed by atoms with Crippen LogP contribution in [0.2, 0.25) is 5.02 Å². The van der Waals surface area contributed by atoms with Crippen molar-refractivity contribution in [2.75, 3.05) is 0 Å². The maximum Gasteiger partial charge on any atom is 0.253 e. The Morgan fingerprint density at radius 2 is 1.39 bits per heavy atom. The quantitative estimate of drug-likeness (QED) is 0.192. The van der Waals surface area contributed by atoms with E-state index in [4.69, 9.17) is 11.6 Å². The highest BCUT2D eigenvalue weighted by Crippen LogP contribution is 2.41. The number of halogens is 5. The lowest BCUT2D eigenvalue weighted by molar-refractivity contribution is 0.403. The summed E-state index contributed by atoms with van der Waals surface area (Å²) in [5, 5.41) is 2.19. The van der Waals surface area contributed by atoms with Crippen LogP contribution >= 0.6 is 11.6 Å². The SMILES string of the molecule is Fc1nc(F)c(F)c(-n2cc(C(c3ccc(Cl)cc3)c3c[nH]c4ccccc34)c3ccccc32)c1F. The standard InChI is InChI=1S/C28H16ClF4N3/c29-16-11-9-15(10-12-16)23(19-13-34-21-7-3-1-5-17(19)21)20-14-36(22-8-4-2-6-18(20)22)26-24(30)27(32)35-28(33)25(26)31/h1-14,23,34H. The van der Waals surface area contributed by atoms with E-state index in [2.05, 4.69) is 9.97 Å². The number of pyridine rings is 1. The molecule has 3 heterocycles. The van der Waals surface area contributed by atoms with Gasteiger partial charge in [0.1, 0.15) is 5.69 Å². The lowest BCUT2D eigenvalue weighted by atomic mass is 9.85. The molecule has 0 spiro atoms. The molecule has 0 saturated carbocycles. The molecule has 6 rings (SSSR count). The minimum atomic E-state index is -1.71. The van der Waals surface area contributed by atoms with Crippen LogP contribution in [0.25, 0.3) is 27.5 Å². The van der Waals surface area contributed by atoms with Gasteiger partial charge in [-0.25, -0.2) is 0 Å². The number of nitrogens with one attached hydrogen (secondary N) is 1. The second-order valence-electron chi connectivity index (χ2n) is 8.42. The van der Waals surface area contributed by atoms with Crippen LogP contribution in [-0.4, -0.2) is 14.5 Å². The lowest BCUT2D eigenvalue weighted by Crippen LogP contribution is -2.08. The summed E-state index contributed by atoms with van der Waals surface area (Å²) in [6.07, 6.45) is 3.41. The summed E-state index contributed by atoms with van der Waals surface area (Å²) in [5.74, 6) is -6.97.